The van der Waals surface area contributed by atoms with Crippen molar-refractivity contribution in [3.8, 4) is 0 Å². The van der Waals surface area contributed by atoms with Gasteiger partial charge in [0.15, 0.2) is 0 Å². The molecular weight excluding hydrogens is 251 g/mol. The molecule has 1 N–H and O–H groups in total. The molecule has 0 saturated heterocycles. The zero-order valence-electron chi connectivity index (χ0n) is 11.0. The summed E-state index contributed by atoms with van der Waals surface area (Å²) in [6.45, 7) is 6.09. The number of aromatic nitrogens is 2. The van der Waals surface area contributed by atoms with Crippen molar-refractivity contribution in [1.82, 2.24) is 4.57 Å². The molecule has 8 heteroatoms. The Kier molecular flexibility index (Phi) is 13.3. The van der Waals surface area contributed by atoms with Crippen LogP contribution in [-0.4, -0.2) is 25.0 Å². The van der Waals surface area contributed by atoms with Crippen molar-refractivity contribution in [1.29, 1.82) is 0 Å². The standard InChI is InChI=1S/C6H14O.C4H6N2.BF4/c1-3-5-7-6-4-2;1-6-3-2-5-4-6;2-1(3,4)5/h3-6H2,1-2H3;2-4H,1H3;/q;;-1/p+1. The Labute approximate surface area is 105 Å². The maximum atomic E-state index is 9.75. The number of imidazole rings is 1. The van der Waals surface area contributed by atoms with Gasteiger partial charge < -0.3 is 22.0 Å². The second-order valence-electron chi connectivity index (χ2n) is 3.38. The van der Waals surface area contributed by atoms with E-state index in [1.54, 1.807) is 0 Å². The molecule has 0 saturated carbocycles. The molecule has 0 unspecified atom stereocenters. The highest BCUT2D eigenvalue weighted by Gasteiger charge is 2.20. The quantitative estimate of drug-likeness (QED) is 0.470. The van der Waals surface area contributed by atoms with Crippen LogP contribution in [0.2, 0.25) is 0 Å². The number of aryl methyl sites for hydroxylation is 1. The molecule has 1 aromatic rings. The van der Waals surface area contributed by atoms with E-state index in [0.29, 0.717) is 0 Å². The molecule has 1 heterocycles. The summed E-state index contributed by atoms with van der Waals surface area (Å²) in [7, 11) is -4.03. The predicted molar refractivity (Wildman–Crippen MR) is 63.6 cm³/mol. The number of nitrogens with one attached hydrogen (secondary N) is 1. The second kappa shape index (κ2) is 12.4. The summed E-state index contributed by atoms with van der Waals surface area (Å²) in [6.07, 6.45) is 7.97. The van der Waals surface area contributed by atoms with E-state index in [2.05, 4.69) is 18.8 Å². The summed E-state index contributed by atoms with van der Waals surface area (Å²) in [6, 6.07) is 0. The molecule has 1 aromatic heterocycles. The molecule has 0 atom stereocenters. The van der Waals surface area contributed by atoms with Crippen molar-refractivity contribution >= 4 is 7.25 Å². The van der Waals surface area contributed by atoms with Gasteiger partial charge in [0, 0.05) is 13.2 Å². The maximum Gasteiger partial charge on any atom is 0.673 e. The molecule has 0 radical (unpaired) electrons. The maximum absolute atomic E-state index is 9.75. The fourth-order valence-electron chi connectivity index (χ4n) is 0.755. The third kappa shape index (κ3) is 29.4. The number of hydrogen-bond donors (Lipinski definition) is 0. The van der Waals surface area contributed by atoms with Crippen LogP contribution in [0.1, 0.15) is 26.7 Å². The van der Waals surface area contributed by atoms with E-state index in [1.165, 1.54) is 0 Å². The summed E-state index contributed by atoms with van der Waals surface area (Å²) in [5.41, 5.74) is 0. The van der Waals surface area contributed by atoms with Gasteiger partial charge >= 0.3 is 7.25 Å². The largest absolute Gasteiger partial charge is 0.673 e. The molecule has 0 amide bonds. The van der Waals surface area contributed by atoms with Crippen LogP contribution in [0.4, 0.5) is 17.3 Å². The average molecular weight is 272 g/mol. The molecule has 0 aromatic carbocycles. The zero-order chi connectivity index (χ0) is 14.4. The molecule has 0 aliphatic carbocycles. The minimum absolute atomic E-state index is 0.924. The first kappa shape index (κ1) is 19.3. The summed E-state index contributed by atoms with van der Waals surface area (Å²) in [4.78, 5) is 2.89. The van der Waals surface area contributed by atoms with E-state index in [0.717, 1.165) is 26.1 Å². The number of nitrogens with zero attached hydrogens (tertiary/aromatic N) is 1. The van der Waals surface area contributed by atoms with Crippen molar-refractivity contribution in [2.75, 3.05) is 13.2 Å². The van der Waals surface area contributed by atoms with Gasteiger partial charge in [-0.25, -0.2) is 4.57 Å². The smallest absolute Gasteiger partial charge is 0.418 e. The highest BCUT2D eigenvalue weighted by Crippen LogP contribution is 2.06. The van der Waals surface area contributed by atoms with Crippen molar-refractivity contribution in [3.05, 3.63) is 18.7 Å². The van der Waals surface area contributed by atoms with E-state index >= 15 is 0 Å². The Morgan fingerprint density at radius 3 is 1.72 bits per heavy atom. The predicted octanol–water partition coefficient (Wildman–Crippen LogP) is 2.96. The van der Waals surface area contributed by atoms with Crippen LogP contribution in [0.3, 0.4) is 0 Å². The first-order valence-corrected chi connectivity index (χ1v) is 5.74. The molecule has 0 fully saturated rings. The first-order chi connectivity index (χ1) is 8.31. The molecule has 108 valence electrons. The molecule has 1 rings (SSSR count). The number of ether oxygens (including phenoxy) is 1. The molecule has 0 aliphatic rings. The minimum Gasteiger partial charge on any atom is -0.418 e. The normalized spacial score (nSPS) is 9.94. The lowest BCUT2D eigenvalue weighted by atomic mass is 10.3. The van der Waals surface area contributed by atoms with Crippen molar-refractivity contribution in [2.45, 2.75) is 26.7 Å². The minimum atomic E-state index is -6.00. The summed E-state index contributed by atoms with van der Waals surface area (Å²) >= 11 is 0. The Morgan fingerprint density at radius 1 is 1.11 bits per heavy atom. The number of halogens is 4. The first-order valence-electron chi connectivity index (χ1n) is 5.74. The second-order valence-corrected chi connectivity index (χ2v) is 3.38. The number of aromatic amines is 1. The zero-order valence-corrected chi connectivity index (χ0v) is 11.0. The van der Waals surface area contributed by atoms with Crippen molar-refractivity contribution in [2.24, 2.45) is 7.05 Å². The van der Waals surface area contributed by atoms with Crippen LogP contribution in [0.15, 0.2) is 18.7 Å². The Hall–Kier alpha value is -1.05. The van der Waals surface area contributed by atoms with Gasteiger partial charge in [-0.3, -0.25) is 4.98 Å². The van der Waals surface area contributed by atoms with Crippen LogP contribution in [0.5, 0.6) is 0 Å². The van der Waals surface area contributed by atoms with Gasteiger partial charge in [0.1, 0.15) is 12.4 Å². The van der Waals surface area contributed by atoms with Gasteiger partial charge in [-0.15, -0.1) is 0 Å². The van der Waals surface area contributed by atoms with Gasteiger partial charge in [-0.1, -0.05) is 13.8 Å². The van der Waals surface area contributed by atoms with Crippen molar-refractivity contribution in [3.63, 3.8) is 0 Å². The third-order valence-electron chi connectivity index (χ3n) is 1.38. The van der Waals surface area contributed by atoms with Gasteiger partial charge in [-0.05, 0) is 12.8 Å². The van der Waals surface area contributed by atoms with Crippen LogP contribution < -0.4 is 4.98 Å². The lowest BCUT2D eigenvalue weighted by Gasteiger charge is -1.95. The highest BCUT2D eigenvalue weighted by atomic mass is 19.5. The van der Waals surface area contributed by atoms with E-state index in [9.17, 15) is 17.3 Å². The van der Waals surface area contributed by atoms with Gasteiger partial charge in [0.2, 0.25) is 6.33 Å². The molecular formula is C10H21BF4N2O. The van der Waals surface area contributed by atoms with Crippen LogP contribution in [0, 0.1) is 0 Å². The van der Waals surface area contributed by atoms with Crippen LogP contribution >= 0.6 is 0 Å². The van der Waals surface area contributed by atoms with E-state index in [-0.39, 0.29) is 0 Å². The number of hydrogen-bond acceptors (Lipinski definition) is 1. The molecule has 0 aliphatic heterocycles. The van der Waals surface area contributed by atoms with Gasteiger partial charge in [-0.2, -0.15) is 0 Å². The number of H-pyrrole nitrogens is 1. The SMILES string of the molecule is CCCOCCC.Cn1cc[nH+]c1.F[B-](F)(F)F. The van der Waals surface area contributed by atoms with Gasteiger partial charge in [0.25, 0.3) is 0 Å². The Morgan fingerprint density at radius 2 is 1.56 bits per heavy atom. The van der Waals surface area contributed by atoms with E-state index in [4.69, 9.17) is 4.74 Å². The van der Waals surface area contributed by atoms with E-state index in [1.807, 2.05) is 30.3 Å². The Bertz CT molecular complexity index is 245. The monoisotopic (exact) mass is 272 g/mol. The average Bonchev–Trinajstić information content (AvgIpc) is 2.68. The summed E-state index contributed by atoms with van der Waals surface area (Å²) in [5, 5.41) is 0. The number of rotatable bonds is 4. The molecule has 18 heavy (non-hydrogen) atoms. The van der Waals surface area contributed by atoms with Gasteiger partial charge in [0.05, 0.1) is 7.05 Å². The van der Waals surface area contributed by atoms with Crippen molar-refractivity contribution < 1.29 is 27.0 Å². The Balaban J connectivity index is 0. The molecule has 0 spiro atoms. The fourth-order valence-corrected chi connectivity index (χ4v) is 0.755. The highest BCUT2D eigenvalue weighted by molar-refractivity contribution is 6.50. The lowest BCUT2D eigenvalue weighted by Crippen LogP contribution is -2.02. The third-order valence-corrected chi connectivity index (χ3v) is 1.38. The topological polar surface area (TPSA) is 28.3 Å². The fraction of sp³-hybridized carbons (Fsp3) is 0.700. The molecule has 3 nitrogen and oxygen atoms in total. The van der Waals surface area contributed by atoms with Crippen LogP contribution in [0.25, 0.3) is 0 Å². The molecule has 0 bridgehead atoms. The summed E-state index contributed by atoms with van der Waals surface area (Å²) in [5.74, 6) is 0. The lowest BCUT2D eigenvalue weighted by molar-refractivity contribution is -0.377. The van der Waals surface area contributed by atoms with Crippen LogP contribution in [-0.2, 0) is 11.8 Å². The summed E-state index contributed by atoms with van der Waals surface area (Å²) < 4.78 is 46.1. The van der Waals surface area contributed by atoms with E-state index < -0.39 is 7.25 Å².